The second-order valence-corrected chi connectivity index (χ2v) is 7.21. The Kier molecular flexibility index (Phi) is 4.91. The van der Waals surface area contributed by atoms with Crippen molar-refractivity contribution in [2.45, 2.75) is 24.0 Å². The Morgan fingerprint density at radius 2 is 1.71 bits per heavy atom. The van der Waals surface area contributed by atoms with Crippen molar-refractivity contribution in [2.24, 2.45) is 0 Å². The second kappa shape index (κ2) is 7.28. The summed E-state index contributed by atoms with van der Waals surface area (Å²) < 4.78 is 12.9. The molecule has 3 aliphatic rings. The topological polar surface area (TPSA) is 72.7 Å². The van der Waals surface area contributed by atoms with Gasteiger partial charge in [0.05, 0.1) is 32.2 Å². The summed E-state index contributed by atoms with van der Waals surface area (Å²) in [5.74, 6) is 1.50. The molecule has 4 rings (SSSR count). The Morgan fingerprint density at radius 1 is 1.04 bits per heavy atom. The molecular weight excluding hydrogens is 330 g/mol. The zero-order chi connectivity index (χ0) is 16.4. The molecular formula is C15H23N5O3S. The van der Waals surface area contributed by atoms with Crippen LogP contribution in [0.4, 0.5) is 5.95 Å². The third kappa shape index (κ3) is 3.52. The highest BCUT2D eigenvalue weighted by atomic mass is 32.2. The van der Waals surface area contributed by atoms with E-state index in [1.54, 1.807) is 0 Å². The fourth-order valence-electron chi connectivity index (χ4n) is 3.03. The molecule has 3 heterocycles. The van der Waals surface area contributed by atoms with Crippen LogP contribution in [0.5, 0.6) is 0 Å². The third-order valence-corrected chi connectivity index (χ3v) is 5.47. The predicted octanol–water partition coefficient (Wildman–Crippen LogP) is 0.401. The molecule has 0 aromatic carbocycles. The van der Waals surface area contributed by atoms with Crippen molar-refractivity contribution in [3.8, 4) is 0 Å². The zero-order valence-electron chi connectivity index (χ0n) is 13.7. The third-order valence-electron chi connectivity index (χ3n) is 4.54. The van der Waals surface area contributed by atoms with Crippen LogP contribution in [-0.4, -0.2) is 83.9 Å². The summed E-state index contributed by atoms with van der Waals surface area (Å²) in [5, 5.41) is 9.64. The van der Waals surface area contributed by atoms with Gasteiger partial charge in [-0.05, 0) is 12.8 Å². The van der Waals surface area contributed by atoms with Gasteiger partial charge in [-0.3, -0.25) is 9.36 Å². The van der Waals surface area contributed by atoms with Crippen LogP contribution in [0.15, 0.2) is 5.16 Å². The number of rotatable bonds is 5. The van der Waals surface area contributed by atoms with E-state index < -0.39 is 0 Å². The first kappa shape index (κ1) is 16.2. The minimum absolute atomic E-state index is 0.154. The second-order valence-electron chi connectivity index (χ2n) is 6.27. The molecule has 0 unspecified atom stereocenters. The van der Waals surface area contributed by atoms with Gasteiger partial charge >= 0.3 is 0 Å². The largest absolute Gasteiger partial charge is 0.378 e. The lowest BCUT2D eigenvalue weighted by Crippen LogP contribution is -2.41. The van der Waals surface area contributed by atoms with Gasteiger partial charge in [-0.15, -0.1) is 10.2 Å². The molecule has 2 saturated heterocycles. The van der Waals surface area contributed by atoms with Gasteiger partial charge in [-0.2, -0.15) is 0 Å². The molecule has 1 aliphatic carbocycles. The van der Waals surface area contributed by atoms with Crippen molar-refractivity contribution in [1.29, 1.82) is 0 Å². The first-order valence-electron chi connectivity index (χ1n) is 8.59. The van der Waals surface area contributed by atoms with Gasteiger partial charge in [-0.1, -0.05) is 11.8 Å². The minimum atomic E-state index is 0.154. The van der Waals surface area contributed by atoms with E-state index in [9.17, 15) is 4.79 Å². The van der Waals surface area contributed by atoms with E-state index in [0.717, 1.165) is 37.4 Å². The fourth-order valence-corrected chi connectivity index (χ4v) is 3.93. The molecule has 24 heavy (non-hydrogen) atoms. The number of carbonyl (C=O) groups is 1. The van der Waals surface area contributed by atoms with Crippen LogP contribution >= 0.6 is 11.8 Å². The molecule has 0 radical (unpaired) electrons. The van der Waals surface area contributed by atoms with Crippen LogP contribution in [0.1, 0.15) is 18.9 Å². The Hall–Kier alpha value is -1.32. The molecule has 0 spiro atoms. The van der Waals surface area contributed by atoms with Crippen LogP contribution in [0.3, 0.4) is 0 Å². The van der Waals surface area contributed by atoms with Crippen LogP contribution in [-0.2, 0) is 14.3 Å². The Labute approximate surface area is 145 Å². The molecule has 8 nitrogen and oxygen atoms in total. The summed E-state index contributed by atoms with van der Waals surface area (Å²) in [5.41, 5.74) is 0. The number of hydrogen-bond donors (Lipinski definition) is 0. The number of ether oxygens (including phenoxy) is 2. The first-order chi connectivity index (χ1) is 11.8. The number of carbonyl (C=O) groups excluding carboxylic acids is 1. The average Bonchev–Trinajstić information content (AvgIpc) is 3.40. The summed E-state index contributed by atoms with van der Waals surface area (Å²) in [4.78, 5) is 16.5. The fraction of sp³-hybridized carbons (Fsp3) is 0.800. The smallest absolute Gasteiger partial charge is 0.233 e. The van der Waals surface area contributed by atoms with Gasteiger partial charge in [0.2, 0.25) is 11.9 Å². The number of thioether (sulfide) groups is 1. The normalized spacial score (nSPS) is 22.0. The van der Waals surface area contributed by atoms with E-state index in [0.29, 0.717) is 38.1 Å². The number of aromatic nitrogens is 3. The van der Waals surface area contributed by atoms with Gasteiger partial charge in [0, 0.05) is 32.2 Å². The Morgan fingerprint density at radius 3 is 2.38 bits per heavy atom. The SMILES string of the molecule is O=C(CSc1nnc(N2CCOCC2)n1C1CC1)N1CCOCC1. The molecule has 0 atom stereocenters. The van der Waals surface area contributed by atoms with E-state index in [1.807, 2.05) is 4.90 Å². The molecule has 132 valence electrons. The summed E-state index contributed by atoms with van der Waals surface area (Å²) in [6, 6.07) is 0.485. The summed E-state index contributed by atoms with van der Waals surface area (Å²) in [6.45, 7) is 5.81. The summed E-state index contributed by atoms with van der Waals surface area (Å²) >= 11 is 1.50. The zero-order valence-corrected chi connectivity index (χ0v) is 14.5. The Bertz CT molecular complexity index is 580. The molecule has 1 aromatic heterocycles. The van der Waals surface area contributed by atoms with Crippen molar-refractivity contribution in [3.63, 3.8) is 0 Å². The summed E-state index contributed by atoms with van der Waals surface area (Å²) in [6.07, 6.45) is 2.33. The number of anilines is 1. The highest BCUT2D eigenvalue weighted by molar-refractivity contribution is 7.99. The highest BCUT2D eigenvalue weighted by Gasteiger charge is 2.32. The maximum absolute atomic E-state index is 12.3. The van der Waals surface area contributed by atoms with Gasteiger partial charge in [-0.25, -0.2) is 0 Å². The van der Waals surface area contributed by atoms with Gasteiger partial charge < -0.3 is 19.3 Å². The standard InChI is InChI=1S/C15H23N5O3S/c21-13(18-3-7-22-8-4-18)11-24-15-17-16-14(20(15)12-1-2-12)19-5-9-23-10-6-19/h12H,1-11H2. The van der Waals surface area contributed by atoms with Gasteiger partial charge in [0.15, 0.2) is 5.16 Å². The molecule has 3 fully saturated rings. The molecule has 0 N–H and O–H groups in total. The number of nitrogens with zero attached hydrogens (tertiary/aromatic N) is 5. The number of amides is 1. The van der Waals surface area contributed by atoms with Crippen molar-refractivity contribution >= 4 is 23.6 Å². The van der Waals surface area contributed by atoms with E-state index in [-0.39, 0.29) is 5.91 Å². The molecule has 2 aliphatic heterocycles. The number of morpholine rings is 2. The van der Waals surface area contributed by atoms with E-state index in [4.69, 9.17) is 9.47 Å². The Balaban J connectivity index is 1.43. The van der Waals surface area contributed by atoms with Crippen molar-refractivity contribution < 1.29 is 14.3 Å². The maximum atomic E-state index is 12.3. The lowest BCUT2D eigenvalue weighted by molar-refractivity contribution is -0.132. The monoisotopic (exact) mass is 353 g/mol. The van der Waals surface area contributed by atoms with Crippen molar-refractivity contribution in [3.05, 3.63) is 0 Å². The molecule has 1 saturated carbocycles. The highest BCUT2D eigenvalue weighted by Crippen LogP contribution is 2.41. The van der Waals surface area contributed by atoms with Crippen molar-refractivity contribution in [2.75, 3.05) is 63.3 Å². The molecule has 1 aromatic rings. The van der Waals surface area contributed by atoms with E-state index in [1.165, 1.54) is 24.6 Å². The minimum Gasteiger partial charge on any atom is -0.378 e. The maximum Gasteiger partial charge on any atom is 0.233 e. The molecule has 0 bridgehead atoms. The quantitative estimate of drug-likeness (QED) is 0.710. The predicted molar refractivity (Wildman–Crippen MR) is 89.4 cm³/mol. The van der Waals surface area contributed by atoms with Gasteiger partial charge in [0.1, 0.15) is 0 Å². The van der Waals surface area contributed by atoms with Gasteiger partial charge in [0.25, 0.3) is 0 Å². The molecule has 9 heteroatoms. The summed E-state index contributed by atoms with van der Waals surface area (Å²) in [7, 11) is 0. The van der Waals surface area contributed by atoms with Crippen LogP contribution < -0.4 is 4.90 Å². The van der Waals surface area contributed by atoms with Crippen LogP contribution in [0, 0.1) is 0 Å². The van der Waals surface area contributed by atoms with E-state index in [2.05, 4.69) is 19.7 Å². The van der Waals surface area contributed by atoms with Crippen LogP contribution in [0.25, 0.3) is 0 Å². The lowest BCUT2D eigenvalue weighted by atomic mass is 10.4. The molecule has 1 amide bonds. The lowest BCUT2D eigenvalue weighted by Gasteiger charge is -2.28. The van der Waals surface area contributed by atoms with Crippen LogP contribution in [0.2, 0.25) is 0 Å². The first-order valence-corrected chi connectivity index (χ1v) is 9.57. The number of hydrogen-bond acceptors (Lipinski definition) is 7. The average molecular weight is 353 g/mol. The van der Waals surface area contributed by atoms with E-state index >= 15 is 0 Å². The van der Waals surface area contributed by atoms with Crippen molar-refractivity contribution in [1.82, 2.24) is 19.7 Å².